The predicted molar refractivity (Wildman–Crippen MR) is 67.8 cm³/mol. The minimum atomic E-state index is -0.594. The molecule has 3 atom stereocenters. The summed E-state index contributed by atoms with van der Waals surface area (Å²) in [5.41, 5.74) is 0.736. The highest BCUT2D eigenvalue weighted by Crippen LogP contribution is 2.19. The van der Waals surface area contributed by atoms with E-state index in [1.807, 2.05) is 0 Å². The van der Waals surface area contributed by atoms with Gasteiger partial charge < -0.3 is 15.2 Å². The molecule has 1 heterocycles. The van der Waals surface area contributed by atoms with Crippen LogP contribution in [0.1, 0.15) is 25.0 Å². The van der Waals surface area contributed by atoms with Crippen LogP contribution in [0.25, 0.3) is 0 Å². The van der Waals surface area contributed by atoms with Crippen LogP contribution in [0.2, 0.25) is 0 Å². The van der Waals surface area contributed by atoms with Gasteiger partial charge >= 0.3 is 0 Å². The van der Waals surface area contributed by atoms with Crippen molar-refractivity contribution in [1.82, 2.24) is 5.32 Å². The second-order valence-corrected chi connectivity index (χ2v) is 4.85. The Morgan fingerprint density at radius 2 is 2.17 bits per heavy atom. The highest BCUT2D eigenvalue weighted by molar-refractivity contribution is 5.18. The molecule has 0 aromatic heterocycles. The van der Waals surface area contributed by atoms with Gasteiger partial charge in [0.15, 0.2) is 0 Å². The number of halogens is 1. The van der Waals surface area contributed by atoms with E-state index in [1.165, 1.54) is 12.1 Å². The van der Waals surface area contributed by atoms with E-state index in [4.69, 9.17) is 4.74 Å². The normalized spacial score (nSPS) is 25.3. The molecule has 0 bridgehead atoms. The zero-order valence-corrected chi connectivity index (χ0v) is 10.6. The van der Waals surface area contributed by atoms with Gasteiger partial charge in [-0.2, -0.15) is 0 Å². The van der Waals surface area contributed by atoms with Crippen molar-refractivity contribution < 1.29 is 14.2 Å². The van der Waals surface area contributed by atoms with Crippen molar-refractivity contribution in [2.24, 2.45) is 5.92 Å². The largest absolute Gasteiger partial charge is 0.387 e. The summed E-state index contributed by atoms with van der Waals surface area (Å²) in [6.07, 6.45) is 0.768. The van der Waals surface area contributed by atoms with Gasteiger partial charge in [0.2, 0.25) is 0 Å². The quantitative estimate of drug-likeness (QED) is 0.842. The molecule has 1 fully saturated rings. The zero-order chi connectivity index (χ0) is 13.0. The number of rotatable bonds is 5. The van der Waals surface area contributed by atoms with Gasteiger partial charge in [0.25, 0.3) is 0 Å². The Bertz CT molecular complexity index is 369. The van der Waals surface area contributed by atoms with E-state index in [1.54, 1.807) is 12.1 Å². The molecule has 0 amide bonds. The first-order chi connectivity index (χ1) is 8.66. The van der Waals surface area contributed by atoms with E-state index >= 15 is 0 Å². The van der Waals surface area contributed by atoms with Gasteiger partial charge in [-0.3, -0.25) is 0 Å². The van der Waals surface area contributed by atoms with Crippen LogP contribution in [0.15, 0.2) is 24.3 Å². The average molecular weight is 253 g/mol. The number of aliphatic hydroxyl groups is 1. The first kappa shape index (κ1) is 13.5. The molecule has 1 aliphatic rings. The van der Waals surface area contributed by atoms with Crippen molar-refractivity contribution in [3.05, 3.63) is 35.6 Å². The van der Waals surface area contributed by atoms with Crippen LogP contribution in [0.4, 0.5) is 4.39 Å². The number of nitrogens with one attached hydrogen (secondary N) is 1. The van der Waals surface area contributed by atoms with E-state index in [0.29, 0.717) is 18.6 Å². The summed E-state index contributed by atoms with van der Waals surface area (Å²) >= 11 is 0. The smallest absolute Gasteiger partial charge is 0.123 e. The van der Waals surface area contributed by atoms with E-state index in [2.05, 4.69) is 12.2 Å². The second-order valence-electron chi connectivity index (χ2n) is 4.85. The average Bonchev–Trinajstić information content (AvgIpc) is 2.76. The van der Waals surface area contributed by atoms with Gasteiger partial charge in [-0.25, -0.2) is 4.39 Å². The van der Waals surface area contributed by atoms with Crippen molar-refractivity contribution in [2.75, 3.05) is 19.7 Å². The zero-order valence-electron chi connectivity index (χ0n) is 10.6. The highest BCUT2D eigenvalue weighted by Gasteiger charge is 2.23. The topological polar surface area (TPSA) is 41.5 Å². The summed E-state index contributed by atoms with van der Waals surface area (Å²) in [6, 6.07) is 5.96. The summed E-state index contributed by atoms with van der Waals surface area (Å²) in [7, 11) is 0. The minimum absolute atomic E-state index is 0.282. The summed E-state index contributed by atoms with van der Waals surface area (Å²) in [6.45, 7) is 4.23. The van der Waals surface area contributed by atoms with Crippen LogP contribution in [-0.4, -0.2) is 30.9 Å². The van der Waals surface area contributed by atoms with Crippen LogP contribution in [0.5, 0.6) is 0 Å². The number of ether oxygens (including phenoxy) is 1. The Morgan fingerprint density at radius 3 is 2.78 bits per heavy atom. The Hall–Kier alpha value is -0.970. The third kappa shape index (κ3) is 3.51. The lowest BCUT2D eigenvalue weighted by Gasteiger charge is -2.17. The number of hydrogen-bond acceptors (Lipinski definition) is 3. The maximum atomic E-state index is 12.7. The lowest BCUT2D eigenvalue weighted by molar-refractivity contribution is 0.103. The third-order valence-corrected chi connectivity index (χ3v) is 3.53. The first-order valence-electron chi connectivity index (χ1n) is 6.42. The Balaban J connectivity index is 1.74. The molecule has 1 aliphatic heterocycles. The third-order valence-electron chi connectivity index (χ3n) is 3.53. The fourth-order valence-corrected chi connectivity index (χ4v) is 2.25. The predicted octanol–water partition coefficient (Wildman–Crippen LogP) is 1.87. The molecular formula is C14H20FNO2. The molecule has 4 heteroatoms. The van der Waals surface area contributed by atoms with E-state index in [0.717, 1.165) is 25.1 Å². The van der Waals surface area contributed by atoms with Crippen LogP contribution in [0, 0.1) is 11.7 Å². The second kappa shape index (κ2) is 6.27. The lowest BCUT2D eigenvalue weighted by Crippen LogP contribution is -2.30. The van der Waals surface area contributed by atoms with Crippen LogP contribution in [-0.2, 0) is 4.74 Å². The maximum Gasteiger partial charge on any atom is 0.123 e. The van der Waals surface area contributed by atoms with Crippen molar-refractivity contribution in [1.29, 1.82) is 0 Å². The number of benzene rings is 1. The molecule has 0 radical (unpaired) electrons. The van der Waals surface area contributed by atoms with Crippen molar-refractivity contribution in [2.45, 2.75) is 25.6 Å². The van der Waals surface area contributed by atoms with Gasteiger partial charge in [-0.1, -0.05) is 12.1 Å². The molecule has 3 unspecified atom stereocenters. The van der Waals surface area contributed by atoms with Crippen LogP contribution < -0.4 is 5.32 Å². The SMILES string of the molecule is CC1OCCC1CNCC(O)c1ccc(F)cc1. The molecule has 0 aliphatic carbocycles. The van der Waals surface area contributed by atoms with E-state index in [-0.39, 0.29) is 5.82 Å². The van der Waals surface area contributed by atoms with Gasteiger partial charge in [0.1, 0.15) is 5.82 Å². The maximum absolute atomic E-state index is 12.7. The van der Waals surface area contributed by atoms with E-state index in [9.17, 15) is 9.50 Å². The molecule has 0 spiro atoms. The van der Waals surface area contributed by atoms with Crippen molar-refractivity contribution >= 4 is 0 Å². The molecule has 100 valence electrons. The summed E-state index contributed by atoms with van der Waals surface area (Å²) in [5.74, 6) is 0.237. The van der Waals surface area contributed by atoms with Crippen molar-refractivity contribution in [3.8, 4) is 0 Å². The molecular weight excluding hydrogens is 233 g/mol. The van der Waals surface area contributed by atoms with Gasteiger partial charge in [0, 0.05) is 19.7 Å². The number of hydrogen-bond donors (Lipinski definition) is 2. The van der Waals surface area contributed by atoms with Gasteiger partial charge in [0.05, 0.1) is 12.2 Å². The lowest BCUT2D eigenvalue weighted by atomic mass is 10.0. The molecule has 2 N–H and O–H groups in total. The Labute approximate surface area is 107 Å². The molecule has 3 nitrogen and oxygen atoms in total. The van der Waals surface area contributed by atoms with E-state index < -0.39 is 6.10 Å². The Kier molecular flexibility index (Phi) is 4.69. The molecule has 1 aromatic rings. The molecule has 2 rings (SSSR count). The molecule has 1 saturated heterocycles. The summed E-state index contributed by atoms with van der Waals surface area (Å²) in [4.78, 5) is 0. The number of aliphatic hydroxyl groups excluding tert-OH is 1. The first-order valence-corrected chi connectivity index (χ1v) is 6.42. The van der Waals surface area contributed by atoms with Crippen LogP contribution in [0.3, 0.4) is 0 Å². The Morgan fingerprint density at radius 1 is 1.44 bits per heavy atom. The van der Waals surface area contributed by atoms with Gasteiger partial charge in [-0.15, -0.1) is 0 Å². The fraction of sp³-hybridized carbons (Fsp3) is 0.571. The summed E-state index contributed by atoms with van der Waals surface area (Å²) < 4.78 is 18.2. The monoisotopic (exact) mass is 253 g/mol. The van der Waals surface area contributed by atoms with Crippen LogP contribution >= 0.6 is 0 Å². The highest BCUT2D eigenvalue weighted by atomic mass is 19.1. The van der Waals surface area contributed by atoms with Gasteiger partial charge in [-0.05, 0) is 37.0 Å². The summed E-state index contributed by atoms with van der Waals surface area (Å²) in [5, 5.41) is 13.2. The molecule has 1 aromatic carbocycles. The molecule has 0 saturated carbocycles. The fourth-order valence-electron chi connectivity index (χ4n) is 2.25. The standard InChI is InChI=1S/C14H20FNO2/c1-10-12(6-7-18-10)8-16-9-14(17)11-2-4-13(15)5-3-11/h2-5,10,12,14,16-17H,6-9H2,1H3. The molecule has 18 heavy (non-hydrogen) atoms. The minimum Gasteiger partial charge on any atom is -0.387 e. The van der Waals surface area contributed by atoms with Crippen molar-refractivity contribution in [3.63, 3.8) is 0 Å².